The predicted octanol–water partition coefficient (Wildman–Crippen LogP) is 4.20. The van der Waals surface area contributed by atoms with Crippen LogP contribution in [-0.4, -0.2) is 27.2 Å². The SMILES string of the molecule is Cc1nc(Cc2ccccc2)sc1C(=O)NCCc1ccn(-c2ccccc2)n1. The van der Waals surface area contributed by atoms with Crippen molar-refractivity contribution in [3.8, 4) is 5.69 Å². The van der Waals surface area contributed by atoms with Crippen LogP contribution in [0.1, 0.15) is 31.6 Å². The Kier molecular flexibility index (Phi) is 5.81. The lowest BCUT2D eigenvalue weighted by atomic mass is 10.2. The van der Waals surface area contributed by atoms with E-state index in [2.05, 4.69) is 27.5 Å². The smallest absolute Gasteiger partial charge is 0.263 e. The van der Waals surface area contributed by atoms with Crippen LogP contribution in [-0.2, 0) is 12.8 Å². The minimum Gasteiger partial charge on any atom is -0.351 e. The van der Waals surface area contributed by atoms with E-state index in [4.69, 9.17) is 0 Å². The van der Waals surface area contributed by atoms with Gasteiger partial charge in [0.15, 0.2) is 0 Å². The van der Waals surface area contributed by atoms with E-state index in [9.17, 15) is 4.79 Å². The van der Waals surface area contributed by atoms with Crippen molar-refractivity contribution >= 4 is 17.2 Å². The molecule has 146 valence electrons. The number of benzene rings is 2. The molecule has 0 atom stereocenters. The summed E-state index contributed by atoms with van der Waals surface area (Å²) < 4.78 is 1.85. The second-order valence-corrected chi connectivity index (χ2v) is 7.86. The first-order chi connectivity index (χ1) is 14.2. The number of hydrogen-bond donors (Lipinski definition) is 1. The maximum atomic E-state index is 12.6. The van der Waals surface area contributed by atoms with Crippen molar-refractivity contribution < 1.29 is 4.79 Å². The second kappa shape index (κ2) is 8.84. The van der Waals surface area contributed by atoms with Crippen LogP contribution in [0, 0.1) is 6.92 Å². The van der Waals surface area contributed by atoms with Crippen molar-refractivity contribution in [2.75, 3.05) is 6.54 Å². The Morgan fingerprint density at radius 1 is 1.03 bits per heavy atom. The van der Waals surface area contributed by atoms with Gasteiger partial charge in [0, 0.05) is 25.6 Å². The molecule has 0 aliphatic carbocycles. The minimum absolute atomic E-state index is 0.0678. The summed E-state index contributed by atoms with van der Waals surface area (Å²) in [4.78, 5) is 17.8. The number of carbonyl (C=O) groups is 1. The maximum Gasteiger partial charge on any atom is 0.263 e. The first-order valence-corrected chi connectivity index (χ1v) is 10.4. The lowest BCUT2D eigenvalue weighted by molar-refractivity contribution is 0.0957. The fraction of sp³-hybridized carbons (Fsp3) is 0.174. The monoisotopic (exact) mass is 402 g/mol. The van der Waals surface area contributed by atoms with Crippen molar-refractivity contribution in [2.45, 2.75) is 19.8 Å². The molecule has 4 aromatic rings. The van der Waals surface area contributed by atoms with Crippen molar-refractivity contribution in [3.63, 3.8) is 0 Å². The third-order valence-electron chi connectivity index (χ3n) is 4.58. The highest BCUT2D eigenvalue weighted by atomic mass is 32.1. The lowest BCUT2D eigenvalue weighted by Crippen LogP contribution is -2.25. The van der Waals surface area contributed by atoms with Crippen LogP contribution >= 0.6 is 11.3 Å². The molecule has 1 N–H and O–H groups in total. The number of amides is 1. The number of nitrogens with zero attached hydrogens (tertiary/aromatic N) is 3. The van der Waals surface area contributed by atoms with Gasteiger partial charge in [0.05, 0.1) is 22.1 Å². The van der Waals surface area contributed by atoms with Crippen molar-refractivity contribution in [1.29, 1.82) is 0 Å². The molecule has 1 amide bonds. The summed E-state index contributed by atoms with van der Waals surface area (Å²) in [6, 6.07) is 22.1. The van der Waals surface area contributed by atoms with Gasteiger partial charge in [0.1, 0.15) is 4.88 Å². The van der Waals surface area contributed by atoms with Crippen LogP contribution in [0.25, 0.3) is 5.69 Å². The number of nitrogens with one attached hydrogen (secondary N) is 1. The van der Waals surface area contributed by atoms with Gasteiger partial charge < -0.3 is 5.32 Å². The fourth-order valence-corrected chi connectivity index (χ4v) is 4.13. The molecule has 0 fully saturated rings. The van der Waals surface area contributed by atoms with E-state index in [0.717, 1.165) is 28.5 Å². The van der Waals surface area contributed by atoms with Gasteiger partial charge in [-0.2, -0.15) is 5.10 Å². The molecule has 29 heavy (non-hydrogen) atoms. The fourth-order valence-electron chi connectivity index (χ4n) is 3.11. The van der Waals surface area contributed by atoms with Gasteiger partial charge in [-0.15, -0.1) is 11.3 Å². The topological polar surface area (TPSA) is 59.8 Å². The molecule has 0 bridgehead atoms. The summed E-state index contributed by atoms with van der Waals surface area (Å²) in [6.07, 6.45) is 3.37. The Morgan fingerprint density at radius 2 is 1.76 bits per heavy atom. The van der Waals surface area contributed by atoms with Gasteiger partial charge in [-0.3, -0.25) is 4.79 Å². The normalized spacial score (nSPS) is 10.8. The number of hydrogen-bond acceptors (Lipinski definition) is 4. The van der Waals surface area contributed by atoms with E-state index >= 15 is 0 Å². The molecule has 2 aromatic heterocycles. The van der Waals surface area contributed by atoms with Crippen LogP contribution in [0.4, 0.5) is 0 Å². The Morgan fingerprint density at radius 3 is 2.52 bits per heavy atom. The molecule has 0 aliphatic rings. The van der Waals surface area contributed by atoms with E-state index in [0.29, 0.717) is 17.8 Å². The third kappa shape index (κ3) is 4.78. The van der Waals surface area contributed by atoms with E-state index in [-0.39, 0.29) is 5.91 Å². The Hall–Kier alpha value is -3.25. The third-order valence-corrected chi connectivity index (χ3v) is 5.73. The summed E-state index contributed by atoms with van der Waals surface area (Å²) in [5, 5.41) is 8.53. The number of thiazole rings is 1. The van der Waals surface area contributed by atoms with E-state index in [1.54, 1.807) is 0 Å². The highest BCUT2D eigenvalue weighted by Crippen LogP contribution is 2.20. The molecule has 0 saturated carbocycles. The molecule has 0 radical (unpaired) electrons. The standard InChI is InChI=1S/C23H22N4OS/c1-17-22(29-21(25-17)16-18-8-4-2-5-9-18)23(28)24-14-12-19-13-15-27(26-19)20-10-6-3-7-11-20/h2-11,13,15H,12,14,16H2,1H3,(H,24,28). The van der Waals surface area contributed by atoms with Crippen LogP contribution in [0.5, 0.6) is 0 Å². The molecule has 0 aliphatic heterocycles. The molecule has 0 spiro atoms. The van der Waals surface area contributed by atoms with Crippen LogP contribution in [0.3, 0.4) is 0 Å². The largest absolute Gasteiger partial charge is 0.351 e. The number of para-hydroxylation sites is 1. The van der Waals surface area contributed by atoms with E-state index in [1.807, 2.05) is 72.4 Å². The van der Waals surface area contributed by atoms with Gasteiger partial charge in [-0.05, 0) is 30.7 Å². The first kappa shape index (κ1) is 19.1. The highest BCUT2D eigenvalue weighted by molar-refractivity contribution is 7.13. The average Bonchev–Trinajstić information content (AvgIpc) is 3.36. The number of rotatable bonds is 7. The van der Waals surface area contributed by atoms with E-state index < -0.39 is 0 Å². The highest BCUT2D eigenvalue weighted by Gasteiger charge is 2.15. The quantitative estimate of drug-likeness (QED) is 0.504. The van der Waals surface area contributed by atoms with Gasteiger partial charge >= 0.3 is 0 Å². The summed E-state index contributed by atoms with van der Waals surface area (Å²) in [5.41, 5.74) is 3.95. The van der Waals surface area contributed by atoms with Crippen LogP contribution in [0.2, 0.25) is 0 Å². The Balaban J connectivity index is 1.33. The Labute approximate surface area is 174 Å². The van der Waals surface area contributed by atoms with Crippen molar-refractivity contribution in [3.05, 3.63) is 99.8 Å². The summed E-state index contributed by atoms with van der Waals surface area (Å²) in [5.74, 6) is -0.0678. The van der Waals surface area contributed by atoms with Gasteiger partial charge in [0.25, 0.3) is 5.91 Å². The zero-order chi connectivity index (χ0) is 20.1. The minimum atomic E-state index is -0.0678. The number of carbonyl (C=O) groups excluding carboxylic acids is 1. The molecule has 5 nitrogen and oxygen atoms in total. The second-order valence-electron chi connectivity index (χ2n) is 6.78. The molecule has 6 heteroatoms. The molecule has 4 rings (SSSR count). The van der Waals surface area contributed by atoms with Gasteiger partial charge in [-0.1, -0.05) is 48.5 Å². The summed E-state index contributed by atoms with van der Waals surface area (Å²) in [6.45, 7) is 2.43. The number of aromatic nitrogens is 3. The zero-order valence-electron chi connectivity index (χ0n) is 16.2. The molecular weight excluding hydrogens is 380 g/mol. The molecule has 0 saturated heterocycles. The molecular formula is C23H22N4OS. The summed E-state index contributed by atoms with van der Waals surface area (Å²) in [7, 11) is 0. The van der Waals surface area contributed by atoms with Crippen molar-refractivity contribution in [1.82, 2.24) is 20.1 Å². The first-order valence-electron chi connectivity index (χ1n) is 9.57. The van der Waals surface area contributed by atoms with Crippen molar-refractivity contribution in [2.24, 2.45) is 0 Å². The average molecular weight is 403 g/mol. The van der Waals surface area contributed by atoms with E-state index in [1.165, 1.54) is 16.9 Å². The number of aryl methyl sites for hydroxylation is 1. The summed E-state index contributed by atoms with van der Waals surface area (Å²) >= 11 is 1.47. The van der Waals surface area contributed by atoms with Crippen LogP contribution < -0.4 is 5.32 Å². The molecule has 2 aromatic carbocycles. The van der Waals surface area contributed by atoms with Crippen LogP contribution in [0.15, 0.2) is 72.9 Å². The zero-order valence-corrected chi connectivity index (χ0v) is 17.0. The van der Waals surface area contributed by atoms with Gasteiger partial charge in [-0.25, -0.2) is 9.67 Å². The molecule has 0 unspecified atom stereocenters. The van der Waals surface area contributed by atoms with Gasteiger partial charge in [0.2, 0.25) is 0 Å². The Bertz CT molecular complexity index is 1090. The molecule has 2 heterocycles. The predicted molar refractivity (Wildman–Crippen MR) is 116 cm³/mol. The lowest BCUT2D eigenvalue weighted by Gasteiger charge is -2.03. The maximum absolute atomic E-state index is 12.6.